The first-order valence-corrected chi connectivity index (χ1v) is 8.97. The molecule has 1 nitrogen and oxygen atoms in total. The Bertz CT molecular complexity index is 1120. The van der Waals surface area contributed by atoms with Crippen LogP contribution in [0, 0.1) is 0 Å². The van der Waals surface area contributed by atoms with Crippen LogP contribution >= 0.6 is 0 Å². The van der Waals surface area contributed by atoms with Crippen LogP contribution in [0.4, 0.5) is 39.5 Å². The third-order valence-electron chi connectivity index (χ3n) is 5.39. The number of fused-ring (bicyclic) bond motifs is 3. The Kier molecular flexibility index (Phi) is 4.68. The summed E-state index contributed by atoms with van der Waals surface area (Å²) < 4.78 is 118. The van der Waals surface area contributed by atoms with Crippen LogP contribution in [-0.4, -0.2) is 5.11 Å². The van der Waals surface area contributed by atoms with Gasteiger partial charge in [-0.1, -0.05) is 24.3 Å². The van der Waals surface area contributed by atoms with Crippen molar-refractivity contribution >= 4 is 0 Å². The molecule has 0 amide bonds. The fourth-order valence-electron chi connectivity index (χ4n) is 3.87. The van der Waals surface area contributed by atoms with Crippen molar-refractivity contribution in [1.82, 2.24) is 0 Å². The van der Waals surface area contributed by atoms with Crippen LogP contribution in [0.2, 0.25) is 0 Å². The second kappa shape index (κ2) is 6.74. The molecule has 0 spiro atoms. The molecule has 0 unspecified atom stereocenters. The van der Waals surface area contributed by atoms with Crippen LogP contribution in [0.1, 0.15) is 33.4 Å². The molecule has 0 aliphatic heterocycles. The zero-order valence-corrected chi connectivity index (χ0v) is 15.6. The van der Waals surface area contributed by atoms with Gasteiger partial charge in [0.1, 0.15) is 5.60 Å². The molecule has 0 saturated carbocycles. The van der Waals surface area contributed by atoms with Crippen LogP contribution in [-0.2, 0) is 24.1 Å². The van der Waals surface area contributed by atoms with Gasteiger partial charge in [0.25, 0.3) is 0 Å². The first-order valence-electron chi connectivity index (χ1n) is 8.97. The summed E-state index contributed by atoms with van der Waals surface area (Å²) in [5.74, 6) is 0. The predicted molar refractivity (Wildman–Crippen MR) is 95.4 cm³/mol. The SMILES string of the molecule is OC1(c2ccc(C(F)(F)F)cc2)c2ccc(C(F)(F)F)cc2-c2cc(C(F)(F)F)ccc21. The quantitative estimate of drug-likeness (QED) is 0.386. The molecule has 1 aliphatic rings. The predicted octanol–water partition coefficient (Wildman–Crippen LogP) is 7.01. The van der Waals surface area contributed by atoms with Gasteiger partial charge in [-0.2, -0.15) is 39.5 Å². The van der Waals surface area contributed by atoms with Gasteiger partial charge >= 0.3 is 18.5 Å². The maximum atomic E-state index is 13.2. The monoisotopic (exact) mass is 462 g/mol. The molecule has 10 heteroatoms. The molecule has 1 N–H and O–H groups in total. The molecule has 0 fully saturated rings. The van der Waals surface area contributed by atoms with Gasteiger partial charge in [0.05, 0.1) is 16.7 Å². The van der Waals surface area contributed by atoms with E-state index in [1.54, 1.807) is 0 Å². The maximum absolute atomic E-state index is 13.2. The Labute approximate surface area is 174 Å². The van der Waals surface area contributed by atoms with Gasteiger partial charge in [0.2, 0.25) is 0 Å². The summed E-state index contributed by atoms with van der Waals surface area (Å²) >= 11 is 0. The van der Waals surface area contributed by atoms with E-state index in [0.717, 1.165) is 24.3 Å². The molecule has 3 aromatic carbocycles. The largest absolute Gasteiger partial charge is 0.416 e. The molecule has 0 atom stereocenters. The molecule has 4 rings (SSSR count). The third-order valence-corrected chi connectivity index (χ3v) is 5.39. The summed E-state index contributed by atoms with van der Waals surface area (Å²) in [4.78, 5) is 0. The van der Waals surface area contributed by atoms with Crippen LogP contribution in [0.15, 0.2) is 60.7 Å². The van der Waals surface area contributed by atoms with E-state index in [4.69, 9.17) is 0 Å². The lowest BCUT2D eigenvalue weighted by Crippen LogP contribution is -2.26. The van der Waals surface area contributed by atoms with E-state index in [9.17, 15) is 44.6 Å². The summed E-state index contributed by atoms with van der Waals surface area (Å²) in [7, 11) is 0. The Balaban J connectivity index is 1.98. The highest BCUT2D eigenvalue weighted by molar-refractivity contribution is 5.83. The molecule has 0 saturated heterocycles. The Morgan fingerprint density at radius 3 is 1.19 bits per heavy atom. The number of hydrogen-bond acceptors (Lipinski definition) is 1. The Morgan fingerprint density at radius 2 is 0.844 bits per heavy atom. The molecule has 0 aromatic heterocycles. The highest BCUT2D eigenvalue weighted by atomic mass is 19.4. The molecular weight excluding hydrogens is 451 g/mol. The van der Waals surface area contributed by atoms with Gasteiger partial charge in [0.15, 0.2) is 0 Å². The van der Waals surface area contributed by atoms with Crippen molar-refractivity contribution in [3.63, 3.8) is 0 Å². The first kappa shape index (κ1) is 22.2. The summed E-state index contributed by atoms with van der Waals surface area (Å²) in [6.07, 6.45) is -14.3. The van der Waals surface area contributed by atoms with Gasteiger partial charge in [-0.15, -0.1) is 0 Å². The highest BCUT2D eigenvalue weighted by Gasteiger charge is 2.46. The Hall–Kier alpha value is -3.01. The number of benzene rings is 3. The zero-order chi connectivity index (χ0) is 23.7. The fourth-order valence-corrected chi connectivity index (χ4v) is 3.87. The molecular formula is C22H11F9O. The van der Waals surface area contributed by atoms with Gasteiger partial charge in [0, 0.05) is 11.1 Å². The topological polar surface area (TPSA) is 20.2 Å². The molecule has 0 bridgehead atoms. The number of alkyl halides is 9. The van der Waals surface area contributed by atoms with E-state index in [0.29, 0.717) is 36.4 Å². The average Bonchev–Trinajstić information content (AvgIpc) is 2.95. The smallest absolute Gasteiger partial charge is 0.376 e. The van der Waals surface area contributed by atoms with Gasteiger partial charge in [-0.3, -0.25) is 0 Å². The standard InChI is InChI=1S/C22H11F9O/c23-20(24,25)12-3-1-11(2-4-12)19(32)17-7-5-13(21(26,27)28)9-15(17)16-10-14(22(29,30)31)6-8-18(16)19/h1-10,32H. The van der Waals surface area contributed by atoms with Gasteiger partial charge in [-0.25, -0.2) is 0 Å². The molecule has 1 aliphatic carbocycles. The maximum Gasteiger partial charge on any atom is 0.416 e. The van der Waals surface area contributed by atoms with Crippen LogP contribution in [0.3, 0.4) is 0 Å². The van der Waals surface area contributed by atoms with E-state index in [1.807, 2.05) is 0 Å². The van der Waals surface area contributed by atoms with Crippen molar-refractivity contribution in [2.45, 2.75) is 24.1 Å². The van der Waals surface area contributed by atoms with Crippen molar-refractivity contribution in [1.29, 1.82) is 0 Å². The van der Waals surface area contributed by atoms with Crippen molar-refractivity contribution in [3.8, 4) is 11.1 Å². The summed E-state index contributed by atoms with van der Waals surface area (Å²) in [5, 5.41) is 11.5. The summed E-state index contributed by atoms with van der Waals surface area (Å²) in [5.41, 5.74) is -6.60. The first-order chi connectivity index (χ1) is 14.6. The normalized spacial score (nSPS) is 15.4. The van der Waals surface area contributed by atoms with E-state index >= 15 is 0 Å². The third kappa shape index (κ3) is 3.42. The van der Waals surface area contributed by atoms with Crippen molar-refractivity contribution in [3.05, 3.63) is 94.0 Å². The molecule has 168 valence electrons. The minimum Gasteiger partial charge on any atom is -0.376 e. The lowest BCUT2D eigenvalue weighted by atomic mass is 9.83. The Morgan fingerprint density at radius 1 is 0.500 bits per heavy atom. The molecule has 0 heterocycles. The lowest BCUT2D eigenvalue weighted by Gasteiger charge is -2.27. The zero-order valence-electron chi connectivity index (χ0n) is 15.6. The van der Waals surface area contributed by atoms with Crippen LogP contribution in [0.5, 0.6) is 0 Å². The minimum absolute atomic E-state index is 0.134. The second-order valence-corrected chi connectivity index (χ2v) is 7.30. The minimum atomic E-state index is -4.80. The highest BCUT2D eigenvalue weighted by Crippen LogP contribution is 2.53. The second-order valence-electron chi connectivity index (χ2n) is 7.30. The van der Waals surface area contributed by atoms with Crippen molar-refractivity contribution < 1.29 is 44.6 Å². The molecule has 0 radical (unpaired) electrons. The molecule has 3 aromatic rings. The van der Waals surface area contributed by atoms with Crippen LogP contribution < -0.4 is 0 Å². The van der Waals surface area contributed by atoms with Crippen molar-refractivity contribution in [2.75, 3.05) is 0 Å². The van der Waals surface area contributed by atoms with E-state index < -0.39 is 40.8 Å². The number of halogens is 9. The van der Waals surface area contributed by atoms with Crippen LogP contribution in [0.25, 0.3) is 11.1 Å². The van der Waals surface area contributed by atoms with Gasteiger partial charge in [-0.05, 0) is 53.1 Å². The number of aliphatic hydroxyl groups is 1. The number of rotatable bonds is 1. The summed E-state index contributed by atoms with van der Waals surface area (Å²) in [6, 6.07) is 7.64. The van der Waals surface area contributed by atoms with Gasteiger partial charge < -0.3 is 5.11 Å². The fraction of sp³-hybridized carbons (Fsp3) is 0.182. The van der Waals surface area contributed by atoms with E-state index in [2.05, 4.69) is 0 Å². The summed E-state index contributed by atoms with van der Waals surface area (Å²) in [6.45, 7) is 0. The number of hydrogen-bond donors (Lipinski definition) is 1. The van der Waals surface area contributed by atoms with E-state index in [-0.39, 0.29) is 27.8 Å². The average molecular weight is 462 g/mol. The van der Waals surface area contributed by atoms with Crippen molar-refractivity contribution in [2.24, 2.45) is 0 Å². The van der Waals surface area contributed by atoms with E-state index in [1.165, 1.54) is 0 Å². The molecule has 32 heavy (non-hydrogen) atoms. The lowest BCUT2D eigenvalue weighted by molar-refractivity contribution is -0.138.